The molecule has 0 radical (unpaired) electrons. The van der Waals surface area contributed by atoms with E-state index < -0.39 is 0 Å². The van der Waals surface area contributed by atoms with Crippen LogP contribution in [0.3, 0.4) is 0 Å². The molecule has 0 bridgehead atoms. The summed E-state index contributed by atoms with van der Waals surface area (Å²) in [6.07, 6.45) is 2.67. The molecule has 0 amide bonds. The zero-order valence-electron chi connectivity index (χ0n) is 12.3. The van der Waals surface area contributed by atoms with Gasteiger partial charge in [-0.3, -0.25) is 9.79 Å². The minimum atomic E-state index is 0.681. The molecule has 0 fully saturated rings. The maximum atomic E-state index is 10.7. The maximum absolute atomic E-state index is 10.7. The number of carbonyl (C=O) groups is 1. The van der Waals surface area contributed by atoms with Crippen molar-refractivity contribution in [1.82, 2.24) is 0 Å². The summed E-state index contributed by atoms with van der Waals surface area (Å²) in [6, 6.07) is 23.0. The van der Waals surface area contributed by atoms with Gasteiger partial charge in [-0.15, -0.1) is 0 Å². The Hall–Kier alpha value is -2.71. The zero-order valence-corrected chi connectivity index (χ0v) is 13.1. The SMILES string of the molecule is O=Cc1ccc(-c2ccc(C=Nc3ccc(Cl)cc3)cc2)cc1. The number of benzene rings is 3. The fourth-order valence-electron chi connectivity index (χ4n) is 2.19. The van der Waals surface area contributed by atoms with Crippen molar-refractivity contribution in [1.29, 1.82) is 0 Å². The quantitative estimate of drug-likeness (QED) is 0.456. The van der Waals surface area contributed by atoms with Crippen LogP contribution in [0.15, 0.2) is 77.8 Å². The van der Waals surface area contributed by atoms with Crippen molar-refractivity contribution in [3.8, 4) is 11.1 Å². The first-order valence-corrected chi connectivity index (χ1v) is 7.58. The predicted molar refractivity (Wildman–Crippen MR) is 96.0 cm³/mol. The van der Waals surface area contributed by atoms with E-state index in [-0.39, 0.29) is 0 Å². The van der Waals surface area contributed by atoms with Gasteiger partial charge in [0.2, 0.25) is 0 Å². The molecular weight excluding hydrogens is 306 g/mol. The van der Waals surface area contributed by atoms with Crippen molar-refractivity contribution in [2.24, 2.45) is 4.99 Å². The number of halogens is 1. The first-order valence-electron chi connectivity index (χ1n) is 7.20. The third-order valence-electron chi connectivity index (χ3n) is 3.48. The lowest BCUT2D eigenvalue weighted by Crippen LogP contribution is -1.84. The second kappa shape index (κ2) is 7.03. The minimum Gasteiger partial charge on any atom is -0.298 e. The topological polar surface area (TPSA) is 29.4 Å². The lowest BCUT2D eigenvalue weighted by atomic mass is 10.0. The number of carbonyl (C=O) groups excluding carboxylic acids is 1. The Bertz CT molecular complexity index is 819. The van der Waals surface area contributed by atoms with Gasteiger partial charge in [-0.1, -0.05) is 60.1 Å². The van der Waals surface area contributed by atoms with Crippen LogP contribution in [0.1, 0.15) is 15.9 Å². The van der Waals surface area contributed by atoms with E-state index in [1.807, 2.05) is 79.0 Å². The molecule has 0 heterocycles. The third kappa shape index (κ3) is 3.93. The number of hydrogen-bond donors (Lipinski definition) is 0. The Morgan fingerprint density at radius 1 is 0.696 bits per heavy atom. The number of hydrogen-bond acceptors (Lipinski definition) is 2. The molecule has 112 valence electrons. The molecule has 3 aromatic carbocycles. The van der Waals surface area contributed by atoms with Gasteiger partial charge in [0.25, 0.3) is 0 Å². The summed E-state index contributed by atoms with van der Waals surface area (Å²) in [6.45, 7) is 0. The van der Waals surface area contributed by atoms with Gasteiger partial charge >= 0.3 is 0 Å². The molecule has 0 aliphatic carbocycles. The molecule has 0 saturated carbocycles. The molecule has 0 aromatic heterocycles. The van der Waals surface area contributed by atoms with Crippen LogP contribution in [0.2, 0.25) is 5.02 Å². The van der Waals surface area contributed by atoms with Crippen LogP contribution in [0.25, 0.3) is 11.1 Å². The van der Waals surface area contributed by atoms with Gasteiger partial charge in [0, 0.05) is 16.8 Å². The average molecular weight is 320 g/mol. The fraction of sp³-hybridized carbons (Fsp3) is 0. The Balaban J connectivity index is 1.75. The summed E-state index contributed by atoms with van der Waals surface area (Å²) < 4.78 is 0. The van der Waals surface area contributed by atoms with Crippen molar-refractivity contribution in [3.05, 3.63) is 88.9 Å². The van der Waals surface area contributed by atoms with E-state index in [0.717, 1.165) is 28.7 Å². The largest absolute Gasteiger partial charge is 0.298 e. The highest BCUT2D eigenvalue weighted by molar-refractivity contribution is 6.30. The van der Waals surface area contributed by atoms with Gasteiger partial charge in [0.1, 0.15) is 6.29 Å². The van der Waals surface area contributed by atoms with Crippen LogP contribution in [0.5, 0.6) is 0 Å². The molecule has 0 N–H and O–H groups in total. The fourth-order valence-corrected chi connectivity index (χ4v) is 2.32. The predicted octanol–water partition coefficient (Wildman–Crippen LogP) is 5.57. The normalized spacial score (nSPS) is 10.8. The van der Waals surface area contributed by atoms with Gasteiger partial charge in [-0.25, -0.2) is 0 Å². The van der Waals surface area contributed by atoms with Crippen LogP contribution in [0, 0.1) is 0 Å². The van der Waals surface area contributed by atoms with Crippen LogP contribution < -0.4 is 0 Å². The van der Waals surface area contributed by atoms with Gasteiger partial charge in [0.05, 0.1) is 5.69 Å². The Labute approximate surface area is 140 Å². The van der Waals surface area contributed by atoms with E-state index in [1.54, 1.807) is 0 Å². The highest BCUT2D eigenvalue weighted by Gasteiger charge is 1.98. The van der Waals surface area contributed by atoms with Gasteiger partial charge in [-0.05, 0) is 41.0 Å². The van der Waals surface area contributed by atoms with E-state index in [4.69, 9.17) is 11.6 Å². The van der Waals surface area contributed by atoms with Crippen LogP contribution in [0.4, 0.5) is 5.69 Å². The number of aliphatic imine (C=N–C) groups is 1. The summed E-state index contributed by atoms with van der Waals surface area (Å²) in [5, 5.41) is 0.703. The minimum absolute atomic E-state index is 0.681. The summed E-state index contributed by atoms with van der Waals surface area (Å²) in [7, 11) is 0. The smallest absolute Gasteiger partial charge is 0.150 e. The van der Waals surface area contributed by atoms with Gasteiger partial charge in [-0.2, -0.15) is 0 Å². The monoisotopic (exact) mass is 319 g/mol. The maximum Gasteiger partial charge on any atom is 0.150 e. The summed E-state index contributed by atoms with van der Waals surface area (Å²) in [5.41, 5.74) is 4.75. The molecule has 0 atom stereocenters. The van der Waals surface area contributed by atoms with E-state index in [1.165, 1.54) is 0 Å². The molecule has 2 nitrogen and oxygen atoms in total. The lowest BCUT2D eigenvalue weighted by Gasteiger charge is -2.02. The standard InChI is InChI=1S/C20H14ClNO/c21-19-9-11-20(12-10-19)22-13-15-1-5-17(6-2-15)18-7-3-16(14-23)4-8-18/h1-14H. The Morgan fingerprint density at radius 2 is 1.22 bits per heavy atom. The summed E-state index contributed by atoms with van der Waals surface area (Å²) >= 11 is 5.85. The number of aldehydes is 1. The third-order valence-corrected chi connectivity index (χ3v) is 3.73. The first kappa shape index (κ1) is 15.2. The van der Waals surface area contributed by atoms with E-state index >= 15 is 0 Å². The number of rotatable bonds is 4. The summed E-state index contributed by atoms with van der Waals surface area (Å²) in [5.74, 6) is 0. The van der Waals surface area contributed by atoms with Crippen molar-refractivity contribution < 1.29 is 4.79 Å². The van der Waals surface area contributed by atoms with Gasteiger partial charge in [0.15, 0.2) is 0 Å². The Kier molecular flexibility index (Phi) is 4.65. The van der Waals surface area contributed by atoms with Gasteiger partial charge < -0.3 is 0 Å². The Morgan fingerprint density at radius 3 is 1.74 bits per heavy atom. The second-order valence-electron chi connectivity index (χ2n) is 5.10. The van der Waals surface area contributed by atoms with Crippen LogP contribution >= 0.6 is 11.6 Å². The molecular formula is C20H14ClNO. The molecule has 0 spiro atoms. The number of nitrogens with zero attached hydrogens (tertiary/aromatic N) is 1. The first-order chi connectivity index (χ1) is 11.2. The molecule has 23 heavy (non-hydrogen) atoms. The lowest BCUT2D eigenvalue weighted by molar-refractivity contribution is 0.112. The highest BCUT2D eigenvalue weighted by Crippen LogP contribution is 2.20. The molecule has 0 unspecified atom stereocenters. The zero-order chi connectivity index (χ0) is 16.1. The van der Waals surface area contributed by atoms with E-state index in [2.05, 4.69) is 4.99 Å². The van der Waals surface area contributed by atoms with Crippen LogP contribution in [-0.4, -0.2) is 12.5 Å². The van der Waals surface area contributed by atoms with E-state index in [0.29, 0.717) is 10.6 Å². The highest BCUT2D eigenvalue weighted by atomic mass is 35.5. The molecule has 3 rings (SSSR count). The summed E-state index contributed by atoms with van der Waals surface area (Å²) in [4.78, 5) is 15.1. The van der Waals surface area contributed by atoms with Crippen molar-refractivity contribution in [2.45, 2.75) is 0 Å². The molecule has 3 aromatic rings. The molecule has 3 heteroatoms. The van der Waals surface area contributed by atoms with Crippen molar-refractivity contribution in [2.75, 3.05) is 0 Å². The van der Waals surface area contributed by atoms with Crippen molar-refractivity contribution >= 4 is 29.8 Å². The second-order valence-corrected chi connectivity index (χ2v) is 5.53. The average Bonchev–Trinajstić information content (AvgIpc) is 2.62. The molecule has 0 saturated heterocycles. The van der Waals surface area contributed by atoms with E-state index in [9.17, 15) is 4.79 Å². The van der Waals surface area contributed by atoms with Crippen LogP contribution in [-0.2, 0) is 0 Å². The molecule has 0 aliphatic heterocycles. The molecule has 0 aliphatic rings. The van der Waals surface area contributed by atoms with Crippen molar-refractivity contribution in [3.63, 3.8) is 0 Å².